The number of hydrogen-bond acceptors (Lipinski definition) is 4. The van der Waals surface area contributed by atoms with E-state index in [9.17, 15) is 0 Å². The largest absolute Gasteiger partial charge is 0.352 e. The van der Waals surface area contributed by atoms with Gasteiger partial charge in [-0.2, -0.15) is 0 Å². The highest BCUT2D eigenvalue weighted by atomic mass is 32.1. The van der Waals surface area contributed by atoms with Crippen molar-refractivity contribution in [1.82, 2.24) is 4.90 Å². The first-order valence-electron chi connectivity index (χ1n) is 6.83. The minimum atomic E-state index is -0.0828. The lowest BCUT2D eigenvalue weighted by Gasteiger charge is -2.26. The molecule has 0 saturated heterocycles. The van der Waals surface area contributed by atoms with Gasteiger partial charge >= 0.3 is 0 Å². The van der Waals surface area contributed by atoms with Crippen LogP contribution in [0.1, 0.15) is 31.6 Å². The van der Waals surface area contributed by atoms with Gasteiger partial charge in [-0.05, 0) is 38.1 Å². The van der Waals surface area contributed by atoms with E-state index in [0.29, 0.717) is 13.2 Å². The van der Waals surface area contributed by atoms with Gasteiger partial charge in [0, 0.05) is 30.7 Å². The van der Waals surface area contributed by atoms with Crippen LogP contribution in [0.4, 0.5) is 0 Å². The van der Waals surface area contributed by atoms with E-state index in [1.54, 1.807) is 0 Å². The van der Waals surface area contributed by atoms with E-state index >= 15 is 0 Å². The number of thiophene rings is 1. The van der Waals surface area contributed by atoms with Crippen molar-refractivity contribution >= 4 is 11.3 Å². The molecule has 1 aliphatic rings. The molecule has 1 heterocycles. The van der Waals surface area contributed by atoms with Gasteiger partial charge in [0.1, 0.15) is 0 Å². The summed E-state index contributed by atoms with van der Waals surface area (Å²) < 4.78 is 11.3. The van der Waals surface area contributed by atoms with Crippen molar-refractivity contribution in [2.24, 2.45) is 0 Å². The summed E-state index contributed by atoms with van der Waals surface area (Å²) in [4.78, 5) is 3.93. The third-order valence-corrected chi connectivity index (χ3v) is 3.95. The Hall–Kier alpha value is -0.420. The Labute approximate surface area is 114 Å². The highest BCUT2D eigenvalue weighted by Crippen LogP contribution is 2.29. The molecular formula is C14H23NO2S. The van der Waals surface area contributed by atoms with Crippen molar-refractivity contribution in [3.63, 3.8) is 0 Å². The molecule has 4 heteroatoms. The lowest BCUT2D eigenvalue weighted by molar-refractivity contribution is -0.148. The SMILES string of the molecule is CCOC(CN(Cc1cccs1)C1CC1)OCC. The van der Waals surface area contributed by atoms with Crippen LogP contribution in [0, 0.1) is 0 Å². The molecule has 18 heavy (non-hydrogen) atoms. The van der Waals surface area contributed by atoms with Crippen molar-refractivity contribution in [1.29, 1.82) is 0 Å². The Bertz CT molecular complexity index is 319. The third kappa shape index (κ3) is 4.35. The molecule has 0 unspecified atom stereocenters. The first-order valence-corrected chi connectivity index (χ1v) is 7.71. The molecule has 0 spiro atoms. The molecule has 0 bridgehead atoms. The summed E-state index contributed by atoms with van der Waals surface area (Å²) in [7, 11) is 0. The number of ether oxygens (including phenoxy) is 2. The first-order chi connectivity index (χ1) is 8.83. The molecule has 3 nitrogen and oxygen atoms in total. The lowest BCUT2D eigenvalue weighted by Crippen LogP contribution is -2.36. The first kappa shape index (κ1) is 14.0. The summed E-state index contributed by atoms with van der Waals surface area (Å²) in [5, 5.41) is 2.14. The predicted molar refractivity (Wildman–Crippen MR) is 74.8 cm³/mol. The van der Waals surface area contributed by atoms with Crippen LogP contribution in [0.25, 0.3) is 0 Å². The van der Waals surface area contributed by atoms with Crippen molar-refractivity contribution in [3.8, 4) is 0 Å². The summed E-state index contributed by atoms with van der Waals surface area (Å²) in [6.45, 7) is 7.37. The maximum Gasteiger partial charge on any atom is 0.170 e. The Morgan fingerprint density at radius 3 is 2.56 bits per heavy atom. The summed E-state index contributed by atoms with van der Waals surface area (Å²) in [5.41, 5.74) is 0. The highest BCUT2D eigenvalue weighted by molar-refractivity contribution is 7.09. The Morgan fingerprint density at radius 2 is 2.06 bits per heavy atom. The molecule has 0 amide bonds. The van der Waals surface area contributed by atoms with Gasteiger partial charge in [-0.15, -0.1) is 11.3 Å². The van der Waals surface area contributed by atoms with Gasteiger partial charge in [0.05, 0.1) is 6.54 Å². The van der Waals surface area contributed by atoms with Crippen LogP contribution in [0.3, 0.4) is 0 Å². The maximum atomic E-state index is 5.65. The third-order valence-electron chi connectivity index (χ3n) is 3.09. The minimum Gasteiger partial charge on any atom is -0.352 e. The van der Waals surface area contributed by atoms with Crippen LogP contribution < -0.4 is 0 Å². The molecule has 0 radical (unpaired) electrons. The number of rotatable bonds is 9. The highest BCUT2D eigenvalue weighted by Gasteiger charge is 2.31. The second-order valence-electron chi connectivity index (χ2n) is 4.58. The predicted octanol–water partition coefficient (Wildman–Crippen LogP) is 3.11. The smallest absolute Gasteiger partial charge is 0.170 e. The van der Waals surface area contributed by atoms with Gasteiger partial charge in [-0.25, -0.2) is 0 Å². The molecule has 0 atom stereocenters. The van der Waals surface area contributed by atoms with Crippen LogP contribution >= 0.6 is 11.3 Å². The fourth-order valence-corrected chi connectivity index (χ4v) is 2.83. The summed E-state index contributed by atoms with van der Waals surface area (Å²) in [6, 6.07) is 5.06. The topological polar surface area (TPSA) is 21.7 Å². The Balaban J connectivity index is 1.88. The summed E-state index contributed by atoms with van der Waals surface area (Å²) in [6.07, 6.45) is 2.55. The van der Waals surface area contributed by atoms with Crippen LogP contribution in [0.5, 0.6) is 0 Å². The second kappa shape index (κ2) is 7.24. The molecule has 0 aromatic carbocycles. The zero-order valence-electron chi connectivity index (χ0n) is 11.3. The zero-order chi connectivity index (χ0) is 12.8. The normalized spacial score (nSPS) is 15.8. The Kier molecular flexibility index (Phi) is 5.63. The van der Waals surface area contributed by atoms with Gasteiger partial charge in [-0.3, -0.25) is 4.90 Å². The van der Waals surface area contributed by atoms with Crippen LogP contribution in [0.2, 0.25) is 0 Å². The zero-order valence-corrected chi connectivity index (χ0v) is 12.1. The van der Waals surface area contributed by atoms with E-state index < -0.39 is 0 Å². The van der Waals surface area contributed by atoms with E-state index in [4.69, 9.17) is 9.47 Å². The quantitative estimate of drug-likeness (QED) is 0.643. The lowest BCUT2D eigenvalue weighted by atomic mass is 10.3. The number of nitrogens with zero attached hydrogens (tertiary/aromatic N) is 1. The average Bonchev–Trinajstić information content (AvgIpc) is 3.08. The molecule has 1 fully saturated rings. The van der Waals surface area contributed by atoms with Crippen molar-refractivity contribution in [3.05, 3.63) is 22.4 Å². The van der Waals surface area contributed by atoms with Gasteiger partial charge in [0.15, 0.2) is 6.29 Å². The molecular weight excluding hydrogens is 246 g/mol. The molecule has 0 aliphatic heterocycles. The van der Waals surface area contributed by atoms with Gasteiger partial charge in [0.2, 0.25) is 0 Å². The second-order valence-corrected chi connectivity index (χ2v) is 5.61. The van der Waals surface area contributed by atoms with Crippen molar-refractivity contribution in [2.45, 2.75) is 45.6 Å². The maximum absolute atomic E-state index is 5.65. The van der Waals surface area contributed by atoms with E-state index in [-0.39, 0.29) is 6.29 Å². The van der Waals surface area contributed by atoms with Gasteiger partial charge < -0.3 is 9.47 Å². The fourth-order valence-electron chi connectivity index (χ4n) is 2.10. The molecule has 0 N–H and O–H groups in total. The van der Waals surface area contributed by atoms with Crippen molar-refractivity contribution in [2.75, 3.05) is 19.8 Å². The van der Waals surface area contributed by atoms with Gasteiger partial charge in [0.25, 0.3) is 0 Å². The minimum absolute atomic E-state index is 0.0828. The molecule has 1 aromatic rings. The average molecular weight is 269 g/mol. The monoisotopic (exact) mass is 269 g/mol. The van der Waals surface area contributed by atoms with E-state index in [2.05, 4.69) is 22.4 Å². The Morgan fingerprint density at radius 1 is 1.33 bits per heavy atom. The summed E-state index contributed by atoms with van der Waals surface area (Å²) in [5.74, 6) is 0. The van der Waals surface area contributed by atoms with Crippen LogP contribution in [0.15, 0.2) is 17.5 Å². The van der Waals surface area contributed by atoms with E-state index in [0.717, 1.165) is 19.1 Å². The van der Waals surface area contributed by atoms with Crippen LogP contribution in [-0.2, 0) is 16.0 Å². The molecule has 2 rings (SSSR count). The summed E-state index contributed by atoms with van der Waals surface area (Å²) >= 11 is 1.83. The van der Waals surface area contributed by atoms with Gasteiger partial charge in [-0.1, -0.05) is 6.07 Å². The van der Waals surface area contributed by atoms with Crippen molar-refractivity contribution < 1.29 is 9.47 Å². The fraction of sp³-hybridized carbons (Fsp3) is 0.714. The molecule has 1 aliphatic carbocycles. The molecule has 1 aromatic heterocycles. The standard InChI is InChI=1S/C14H23NO2S/c1-3-16-14(17-4-2)11-15(12-7-8-12)10-13-6-5-9-18-13/h5-6,9,12,14H,3-4,7-8,10-11H2,1-2H3. The molecule has 102 valence electrons. The van der Waals surface area contributed by atoms with Crippen LogP contribution in [-0.4, -0.2) is 37.0 Å². The molecule has 1 saturated carbocycles. The van der Waals surface area contributed by atoms with E-state index in [1.165, 1.54) is 17.7 Å². The van der Waals surface area contributed by atoms with E-state index in [1.807, 2.05) is 25.2 Å². The number of hydrogen-bond donors (Lipinski definition) is 0.